The topological polar surface area (TPSA) is 127 Å². The molecule has 0 bridgehead atoms. The van der Waals surface area contributed by atoms with E-state index in [2.05, 4.69) is 0 Å². The molecule has 0 aromatic rings. The van der Waals surface area contributed by atoms with E-state index in [1.165, 1.54) is 0 Å². The van der Waals surface area contributed by atoms with Crippen LogP contribution in [0.25, 0.3) is 0 Å². The normalized spacial score (nSPS) is 30.5. The molecule has 2 N–H and O–H groups in total. The van der Waals surface area contributed by atoms with Gasteiger partial charge < -0.3 is 19.7 Å². The van der Waals surface area contributed by atoms with E-state index in [-0.39, 0.29) is 25.0 Å². The molecule has 2 rings (SSSR count). The van der Waals surface area contributed by atoms with Crippen LogP contribution in [0.3, 0.4) is 0 Å². The molecule has 8 nitrogen and oxygen atoms in total. The zero-order valence-electron chi connectivity index (χ0n) is 17.4. The summed E-state index contributed by atoms with van der Waals surface area (Å²) in [6.45, 7) is 3.80. The van der Waals surface area contributed by atoms with Crippen LogP contribution in [0, 0.1) is 35.5 Å². The smallest absolute Gasteiger partial charge is 0.310 e. The van der Waals surface area contributed by atoms with Gasteiger partial charge in [-0.15, -0.1) is 0 Å². The van der Waals surface area contributed by atoms with Crippen molar-refractivity contribution < 1.29 is 38.9 Å². The van der Waals surface area contributed by atoms with Crippen LogP contribution in [-0.4, -0.2) is 47.3 Å². The van der Waals surface area contributed by atoms with Gasteiger partial charge in [-0.05, 0) is 37.5 Å². The van der Waals surface area contributed by atoms with E-state index in [1.807, 2.05) is 12.2 Å². The predicted octanol–water partition coefficient (Wildman–Crippen LogP) is 2.68. The molecule has 2 aliphatic rings. The van der Waals surface area contributed by atoms with Crippen LogP contribution >= 0.6 is 0 Å². The van der Waals surface area contributed by atoms with E-state index in [9.17, 15) is 29.4 Å². The lowest BCUT2D eigenvalue weighted by Crippen LogP contribution is -2.37. The van der Waals surface area contributed by atoms with Crippen molar-refractivity contribution in [3.8, 4) is 0 Å². The zero-order valence-corrected chi connectivity index (χ0v) is 17.4. The number of aliphatic carboxylic acids is 2. The summed E-state index contributed by atoms with van der Waals surface area (Å²) in [5.41, 5.74) is 0. The third-order valence-corrected chi connectivity index (χ3v) is 5.87. The lowest BCUT2D eigenvalue weighted by atomic mass is 9.76. The standard InChI is InChI=1S/C22H30O8/c1-13-7-5-9-15(19(23)24)17(13)21(27)29-11-3-4-12-30-22(28)18-14(2)8-6-10-16(18)20(25)26/h5-8,13-18H,3-4,9-12H2,1-2H3,(H,23,24)(H,25,26). The summed E-state index contributed by atoms with van der Waals surface area (Å²) in [6.07, 6.45) is 8.74. The summed E-state index contributed by atoms with van der Waals surface area (Å²) in [5.74, 6) is -6.47. The van der Waals surface area contributed by atoms with Gasteiger partial charge in [0.05, 0.1) is 36.9 Å². The van der Waals surface area contributed by atoms with Crippen LogP contribution in [0.15, 0.2) is 24.3 Å². The Labute approximate surface area is 175 Å². The molecule has 8 heteroatoms. The van der Waals surface area contributed by atoms with E-state index in [0.717, 1.165) is 0 Å². The number of esters is 2. The molecule has 30 heavy (non-hydrogen) atoms. The number of carbonyl (C=O) groups is 4. The molecule has 0 saturated heterocycles. The number of carboxylic acids is 2. The Balaban J connectivity index is 1.72. The van der Waals surface area contributed by atoms with Crippen molar-refractivity contribution in [1.82, 2.24) is 0 Å². The second kappa shape index (κ2) is 10.9. The van der Waals surface area contributed by atoms with Gasteiger partial charge >= 0.3 is 23.9 Å². The number of unbranched alkanes of at least 4 members (excludes halogenated alkanes) is 1. The number of hydrogen-bond acceptors (Lipinski definition) is 6. The molecule has 0 saturated carbocycles. The van der Waals surface area contributed by atoms with Gasteiger partial charge in [0.1, 0.15) is 0 Å². The fourth-order valence-corrected chi connectivity index (χ4v) is 4.15. The Hall–Kier alpha value is -2.64. The monoisotopic (exact) mass is 422 g/mol. The number of hydrogen-bond donors (Lipinski definition) is 2. The minimum atomic E-state index is -1.01. The lowest BCUT2D eigenvalue weighted by molar-refractivity contribution is -0.161. The molecular weight excluding hydrogens is 392 g/mol. The number of allylic oxidation sites excluding steroid dienone is 4. The quantitative estimate of drug-likeness (QED) is 0.330. The molecule has 6 atom stereocenters. The predicted molar refractivity (Wildman–Crippen MR) is 106 cm³/mol. The first-order valence-corrected chi connectivity index (χ1v) is 10.4. The van der Waals surface area contributed by atoms with E-state index in [4.69, 9.17) is 9.47 Å². The van der Waals surface area contributed by atoms with Gasteiger partial charge in [0.25, 0.3) is 0 Å². The molecule has 166 valence electrons. The van der Waals surface area contributed by atoms with Crippen LogP contribution in [0.4, 0.5) is 0 Å². The summed E-state index contributed by atoms with van der Waals surface area (Å²) < 4.78 is 10.5. The Morgan fingerprint density at radius 1 is 0.767 bits per heavy atom. The van der Waals surface area contributed by atoms with Crippen molar-refractivity contribution in [2.24, 2.45) is 35.5 Å². The van der Waals surface area contributed by atoms with Crippen molar-refractivity contribution in [2.45, 2.75) is 39.5 Å². The van der Waals surface area contributed by atoms with Crippen LogP contribution < -0.4 is 0 Å². The van der Waals surface area contributed by atoms with Gasteiger partial charge in [-0.25, -0.2) is 0 Å². The van der Waals surface area contributed by atoms with E-state index >= 15 is 0 Å². The van der Waals surface area contributed by atoms with Crippen molar-refractivity contribution in [2.75, 3.05) is 13.2 Å². The summed E-state index contributed by atoms with van der Waals surface area (Å²) in [5, 5.41) is 18.6. The Kier molecular flexibility index (Phi) is 8.62. The molecule has 0 spiro atoms. The molecule has 0 aromatic carbocycles. The first-order valence-electron chi connectivity index (χ1n) is 10.4. The fourth-order valence-electron chi connectivity index (χ4n) is 4.15. The number of carboxylic acid groups (broad SMARTS) is 2. The average molecular weight is 422 g/mol. The zero-order chi connectivity index (χ0) is 22.3. The van der Waals surface area contributed by atoms with Gasteiger partial charge in [0, 0.05) is 0 Å². The maximum atomic E-state index is 12.3. The lowest BCUT2D eigenvalue weighted by Gasteiger charge is -2.28. The number of rotatable bonds is 9. The molecule has 0 heterocycles. The van der Waals surface area contributed by atoms with Gasteiger partial charge in [-0.3, -0.25) is 19.2 Å². The summed E-state index contributed by atoms with van der Waals surface area (Å²) in [4.78, 5) is 47.4. The minimum absolute atomic E-state index is 0.107. The maximum absolute atomic E-state index is 12.3. The highest BCUT2D eigenvalue weighted by molar-refractivity contribution is 5.82. The highest BCUT2D eigenvalue weighted by Crippen LogP contribution is 2.32. The van der Waals surface area contributed by atoms with Crippen LogP contribution in [0.1, 0.15) is 39.5 Å². The third kappa shape index (κ3) is 5.93. The molecule has 6 unspecified atom stereocenters. The van der Waals surface area contributed by atoms with E-state index in [0.29, 0.717) is 25.7 Å². The van der Waals surface area contributed by atoms with Crippen molar-refractivity contribution >= 4 is 23.9 Å². The number of ether oxygens (including phenoxy) is 2. The first-order chi connectivity index (χ1) is 14.2. The highest BCUT2D eigenvalue weighted by atomic mass is 16.5. The van der Waals surface area contributed by atoms with Crippen molar-refractivity contribution in [1.29, 1.82) is 0 Å². The largest absolute Gasteiger partial charge is 0.481 e. The Bertz CT molecular complexity index is 650. The second-order valence-electron chi connectivity index (χ2n) is 8.03. The number of carbonyl (C=O) groups excluding carboxylic acids is 2. The molecule has 0 amide bonds. The third-order valence-electron chi connectivity index (χ3n) is 5.87. The minimum Gasteiger partial charge on any atom is -0.481 e. The summed E-state index contributed by atoms with van der Waals surface area (Å²) >= 11 is 0. The first kappa shape index (κ1) is 23.6. The van der Waals surface area contributed by atoms with Crippen molar-refractivity contribution in [3.05, 3.63) is 24.3 Å². The summed E-state index contributed by atoms with van der Waals surface area (Å²) in [7, 11) is 0. The van der Waals surface area contributed by atoms with E-state index in [1.54, 1.807) is 26.0 Å². The molecule has 0 aliphatic heterocycles. The molecule has 2 aliphatic carbocycles. The van der Waals surface area contributed by atoms with Crippen molar-refractivity contribution in [3.63, 3.8) is 0 Å². The van der Waals surface area contributed by atoms with Crippen LogP contribution in [0.2, 0.25) is 0 Å². The fraction of sp³-hybridized carbons (Fsp3) is 0.636. The molecular formula is C22H30O8. The van der Waals surface area contributed by atoms with E-state index < -0.39 is 47.5 Å². The van der Waals surface area contributed by atoms with Gasteiger partial charge in [-0.1, -0.05) is 38.2 Å². The SMILES string of the molecule is CC1C=CCC(C(=O)O)C1C(=O)OCCCCOC(=O)C1C(C)C=CCC1C(=O)O. The molecule has 0 aromatic heterocycles. The van der Waals surface area contributed by atoms with Gasteiger partial charge in [0.15, 0.2) is 0 Å². The van der Waals surface area contributed by atoms with Gasteiger partial charge in [-0.2, -0.15) is 0 Å². The average Bonchev–Trinajstić information content (AvgIpc) is 2.69. The van der Waals surface area contributed by atoms with Gasteiger partial charge in [0.2, 0.25) is 0 Å². The second-order valence-corrected chi connectivity index (χ2v) is 8.03. The van der Waals surface area contributed by atoms with Crippen LogP contribution in [0.5, 0.6) is 0 Å². The van der Waals surface area contributed by atoms with Crippen LogP contribution in [-0.2, 0) is 28.7 Å². The maximum Gasteiger partial charge on any atom is 0.310 e. The molecule has 0 radical (unpaired) electrons. The summed E-state index contributed by atoms with van der Waals surface area (Å²) in [6, 6.07) is 0. The Morgan fingerprint density at radius 2 is 1.13 bits per heavy atom. The molecule has 0 fully saturated rings. The Morgan fingerprint density at radius 3 is 1.47 bits per heavy atom. The highest BCUT2D eigenvalue weighted by Gasteiger charge is 2.40.